The van der Waals surface area contributed by atoms with Crippen molar-refractivity contribution in [3.63, 3.8) is 0 Å². The van der Waals surface area contributed by atoms with E-state index in [1.165, 1.54) is 25.3 Å². The van der Waals surface area contributed by atoms with Crippen LogP contribution in [-0.4, -0.2) is 36.7 Å². The highest BCUT2D eigenvalue weighted by molar-refractivity contribution is 7.93. The summed E-state index contributed by atoms with van der Waals surface area (Å²) in [4.78, 5) is 4.63. The van der Waals surface area contributed by atoms with Crippen LogP contribution in [0.4, 0.5) is 18.9 Å². The van der Waals surface area contributed by atoms with Crippen molar-refractivity contribution < 1.29 is 36.2 Å². The van der Waals surface area contributed by atoms with Crippen molar-refractivity contribution in [1.29, 1.82) is 0 Å². The maximum absolute atomic E-state index is 13.0. The Labute approximate surface area is 252 Å². The van der Waals surface area contributed by atoms with Gasteiger partial charge in [-0.05, 0) is 86.0 Å². The average Bonchev–Trinajstić information content (AvgIpc) is 2.93. The van der Waals surface area contributed by atoms with Gasteiger partial charge in [-0.3, -0.25) is 4.72 Å². The van der Waals surface area contributed by atoms with Crippen molar-refractivity contribution in [2.45, 2.75) is 37.5 Å². The molecular weight excluding hydrogens is 605 g/mol. The Balaban J connectivity index is 1.42. The number of anilines is 1. The average molecular weight is 633 g/mol. The van der Waals surface area contributed by atoms with E-state index in [4.69, 9.17) is 21.1 Å². The molecule has 12 heteroatoms. The van der Waals surface area contributed by atoms with Gasteiger partial charge in [0, 0.05) is 27.6 Å². The fraction of sp³-hybridized carbons (Fsp3) is 0.258. The smallest absolute Gasteiger partial charge is 0.496 e. The van der Waals surface area contributed by atoms with Crippen LogP contribution in [0.2, 0.25) is 5.02 Å². The zero-order chi connectivity index (χ0) is 31.2. The molecule has 1 aliphatic heterocycles. The van der Waals surface area contributed by atoms with E-state index in [-0.39, 0.29) is 12.1 Å². The van der Waals surface area contributed by atoms with E-state index in [0.29, 0.717) is 27.6 Å². The third-order valence-corrected chi connectivity index (χ3v) is 8.75. The fourth-order valence-corrected chi connectivity index (χ4v) is 5.86. The molecule has 0 aliphatic carbocycles. The van der Waals surface area contributed by atoms with Crippen molar-refractivity contribution in [2.75, 3.05) is 11.8 Å². The number of methoxy groups -OCH3 is 1. The highest BCUT2D eigenvalue weighted by Crippen LogP contribution is 2.46. The zero-order valence-electron chi connectivity index (χ0n) is 23.3. The number of hydrogen-bond acceptors (Lipinski definition) is 6. The van der Waals surface area contributed by atoms with E-state index < -0.39 is 33.2 Å². The minimum Gasteiger partial charge on any atom is -0.496 e. The summed E-state index contributed by atoms with van der Waals surface area (Å²) in [6.45, 7) is 3.61. The maximum atomic E-state index is 13.0. The zero-order valence-corrected chi connectivity index (χ0v) is 24.9. The lowest BCUT2D eigenvalue weighted by molar-refractivity contribution is -0.0536. The Kier molecular flexibility index (Phi) is 8.10. The molecule has 0 radical (unpaired) electrons. The number of sulfonamides is 1. The predicted octanol–water partition coefficient (Wildman–Crippen LogP) is 7.39. The van der Waals surface area contributed by atoms with Gasteiger partial charge < -0.3 is 14.6 Å². The van der Waals surface area contributed by atoms with Crippen LogP contribution >= 0.6 is 11.6 Å². The monoisotopic (exact) mass is 632 g/mol. The normalized spacial score (nSPS) is 18.3. The first kappa shape index (κ1) is 30.7. The number of halogens is 4. The highest BCUT2D eigenvalue weighted by Gasteiger charge is 2.46. The van der Waals surface area contributed by atoms with Crippen molar-refractivity contribution >= 4 is 50.4 Å². The first-order chi connectivity index (χ1) is 20.2. The Bertz CT molecular complexity index is 1830. The fourth-order valence-electron chi connectivity index (χ4n) is 5.14. The third kappa shape index (κ3) is 6.43. The first-order valence-corrected chi connectivity index (χ1v) is 15.0. The molecule has 3 aromatic carbocycles. The Morgan fingerprint density at radius 1 is 1.07 bits per heavy atom. The number of rotatable bonds is 7. The van der Waals surface area contributed by atoms with Gasteiger partial charge in [-0.2, -0.15) is 21.6 Å². The van der Waals surface area contributed by atoms with E-state index >= 15 is 0 Å². The van der Waals surface area contributed by atoms with Crippen molar-refractivity contribution in [1.82, 2.24) is 4.98 Å². The van der Waals surface area contributed by atoms with Gasteiger partial charge in [0.2, 0.25) is 0 Å². The minimum atomic E-state index is -5.62. The largest absolute Gasteiger partial charge is 0.516 e. The van der Waals surface area contributed by atoms with E-state index in [0.717, 1.165) is 22.2 Å². The molecule has 0 unspecified atom stereocenters. The molecule has 43 heavy (non-hydrogen) atoms. The molecule has 7 nitrogen and oxygen atoms in total. The van der Waals surface area contributed by atoms with Gasteiger partial charge in [-0.1, -0.05) is 35.9 Å². The molecule has 226 valence electrons. The van der Waals surface area contributed by atoms with Crippen LogP contribution in [0, 0.1) is 5.92 Å². The number of aliphatic hydroxyl groups is 1. The number of aromatic nitrogens is 1. The predicted molar refractivity (Wildman–Crippen MR) is 161 cm³/mol. The van der Waals surface area contributed by atoms with Gasteiger partial charge in [0.15, 0.2) is 0 Å². The molecule has 4 aromatic rings. The molecule has 5 rings (SSSR count). The molecule has 2 N–H and O–H groups in total. The lowest BCUT2D eigenvalue weighted by Gasteiger charge is -2.43. The lowest BCUT2D eigenvalue weighted by Crippen LogP contribution is -2.45. The van der Waals surface area contributed by atoms with Crippen LogP contribution in [0.1, 0.15) is 42.3 Å². The quantitative estimate of drug-likeness (QED) is 0.220. The number of aliphatic hydroxyl groups excluding tert-OH is 1. The van der Waals surface area contributed by atoms with Crippen LogP contribution in [0.15, 0.2) is 66.7 Å². The van der Waals surface area contributed by atoms with Gasteiger partial charge >= 0.3 is 15.5 Å². The molecule has 0 saturated carbocycles. The number of benzene rings is 3. The second kappa shape index (κ2) is 11.4. The van der Waals surface area contributed by atoms with Crippen molar-refractivity contribution in [3.05, 3.63) is 94.1 Å². The SMILES string of the molecule is COc1ccc(NS(=O)(=O)C(F)(F)F)cc1C[C@H]1[C@@H](O)c2cc(/C=C/c3ccc4ccc(Cl)cc4n3)ccc2OC1(C)C. The van der Waals surface area contributed by atoms with Gasteiger partial charge in [0.25, 0.3) is 0 Å². The summed E-state index contributed by atoms with van der Waals surface area (Å²) in [5.74, 6) is 0.252. The number of nitrogens with one attached hydrogen (secondary N) is 1. The summed E-state index contributed by atoms with van der Waals surface area (Å²) in [5.41, 5.74) is -3.45. The van der Waals surface area contributed by atoms with E-state index in [1.54, 1.807) is 36.8 Å². The standard InChI is InChI=1S/C31H28ClF3N2O5S/c1-30(2)25(16-20-15-23(11-13-27(20)41-3)37-43(39,40)31(33,34)35)29(38)24-14-18(5-12-28(24)42-30)4-9-22-10-7-19-6-8-21(32)17-26(19)36-22/h4-15,17,25,29,37-38H,16H2,1-3H3/b9-4+/t25-,29-/m0/s1. The van der Waals surface area contributed by atoms with Gasteiger partial charge in [0.05, 0.1) is 24.4 Å². The lowest BCUT2D eigenvalue weighted by atomic mass is 9.76. The van der Waals surface area contributed by atoms with Crippen LogP contribution in [0.3, 0.4) is 0 Å². The summed E-state index contributed by atoms with van der Waals surface area (Å²) >= 11 is 6.11. The summed E-state index contributed by atoms with van der Waals surface area (Å²) in [6.07, 6.45) is 2.80. The summed E-state index contributed by atoms with van der Waals surface area (Å²) < 4.78 is 75.4. The Morgan fingerprint density at radius 3 is 2.53 bits per heavy atom. The first-order valence-electron chi connectivity index (χ1n) is 13.2. The topological polar surface area (TPSA) is 97.8 Å². The van der Waals surface area contributed by atoms with Gasteiger partial charge in [-0.25, -0.2) is 4.98 Å². The number of nitrogens with zero attached hydrogens (tertiary/aromatic N) is 1. The number of alkyl halides is 3. The third-order valence-electron chi connectivity index (χ3n) is 7.40. The second-order valence-corrected chi connectivity index (χ2v) is 12.9. The summed E-state index contributed by atoms with van der Waals surface area (Å²) in [5, 5.41) is 13.1. The molecular formula is C31H28ClF3N2O5S. The Morgan fingerprint density at radius 2 is 1.81 bits per heavy atom. The van der Waals surface area contributed by atoms with Crippen molar-refractivity contribution in [3.8, 4) is 11.5 Å². The number of pyridine rings is 1. The molecule has 2 atom stereocenters. The summed E-state index contributed by atoms with van der Waals surface area (Å²) in [6, 6.07) is 18.6. The summed E-state index contributed by atoms with van der Waals surface area (Å²) in [7, 11) is -4.23. The van der Waals surface area contributed by atoms with Crippen LogP contribution < -0.4 is 14.2 Å². The van der Waals surface area contributed by atoms with E-state index in [9.17, 15) is 26.7 Å². The van der Waals surface area contributed by atoms with Crippen LogP contribution in [0.25, 0.3) is 23.1 Å². The van der Waals surface area contributed by atoms with Gasteiger partial charge in [-0.15, -0.1) is 0 Å². The number of ether oxygens (including phenoxy) is 2. The molecule has 0 bridgehead atoms. The highest BCUT2D eigenvalue weighted by atomic mass is 35.5. The van der Waals surface area contributed by atoms with Crippen LogP contribution in [0.5, 0.6) is 11.5 Å². The molecule has 1 aromatic heterocycles. The van der Waals surface area contributed by atoms with Gasteiger partial charge in [0.1, 0.15) is 17.1 Å². The molecule has 0 amide bonds. The molecule has 0 fully saturated rings. The molecule has 2 heterocycles. The van der Waals surface area contributed by atoms with Crippen molar-refractivity contribution in [2.24, 2.45) is 5.92 Å². The molecule has 1 aliphatic rings. The van der Waals surface area contributed by atoms with E-state index in [2.05, 4.69) is 4.98 Å². The maximum Gasteiger partial charge on any atom is 0.516 e. The molecule has 0 spiro atoms. The second-order valence-electron chi connectivity index (χ2n) is 10.7. The number of fused-ring (bicyclic) bond motifs is 2. The van der Waals surface area contributed by atoms with E-state index in [1.807, 2.05) is 42.5 Å². The molecule has 0 saturated heterocycles. The van der Waals surface area contributed by atoms with Crippen LogP contribution in [-0.2, 0) is 16.4 Å². The number of hydrogen-bond donors (Lipinski definition) is 2. The minimum absolute atomic E-state index is 0.113. The Hall–Kier alpha value is -3.80.